The van der Waals surface area contributed by atoms with E-state index in [-0.39, 0.29) is 17.8 Å². The quantitative estimate of drug-likeness (QED) is 0.485. The van der Waals surface area contributed by atoms with Crippen LogP contribution in [0.25, 0.3) is 10.9 Å². The van der Waals surface area contributed by atoms with Crippen LogP contribution in [0.3, 0.4) is 0 Å². The number of methoxy groups -OCH3 is 1. The van der Waals surface area contributed by atoms with Gasteiger partial charge < -0.3 is 19.7 Å². The molecule has 2 aliphatic heterocycles. The van der Waals surface area contributed by atoms with Gasteiger partial charge >= 0.3 is 0 Å². The lowest BCUT2D eigenvalue weighted by atomic mass is 10.00. The van der Waals surface area contributed by atoms with Crippen LogP contribution in [0.15, 0.2) is 24.3 Å². The Kier molecular flexibility index (Phi) is 6.50. The average Bonchev–Trinajstić information content (AvgIpc) is 3.18. The predicted molar refractivity (Wildman–Crippen MR) is 131 cm³/mol. The minimum absolute atomic E-state index is 0.101. The van der Waals surface area contributed by atoms with Crippen LogP contribution in [0, 0.1) is 19.7 Å². The molecule has 0 aliphatic carbocycles. The SMILES string of the molecule is COCC(F)(F)c1cccc([C@@H](C)Nc2nnc(C)c3nc(C)c(N4CC5CCC(C4)O5)cc23)c1F. The first-order valence-corrected chi connectivity index (χ1v) is 12.1. The van der Waals surface area contributed by atoms with E-state index in [1.165, 1.54) is 12.1 Å². The van der Waals surface area contributed by atoms with Crippen molar-refractivity contribution in [3.8, 4) is 0 Å². The van der Waals surface area contributed by atoms with Crippen LogP contribution in [0.2, 0.25) is 0 Å². The number of nitrogens with zero attached hydrogens (tertiary/aromatic N) is 4. The van der Waals surface area contributed by atoms with Gasteiger partial charge in [-0.05, 0) is 45.7 Å². The maximum absolute atomic E-state index is 15.2. The molecule has 36 heavy (non-hydrogen) atoms. The van der Waals surface area contributed by atoms with Crippen molar-refractivity contribution < 1.29 is 22.6 Å². The number of rotatable bonds is 7. The summed E-state index contributed by atoms with van der Waals surface area (Å²) in [7, 11) is 1.16. The van der Waals surface area contributed by atoms with Gasteiger partial charge in [0, 0.05) is 31.1 Å². The van der Waals surface area contributed by atoms with E-state index >= 15 is 4.39 Å². The number of nitrogens with one attached hydrogen (secondary N) is 1. The van der Waals surface area contributed by atoms with Crippen molar-refractivity contribution in [3.05, 3.63) is 52.6 Å². The normalized spacial score (nSPS) is 20.7. The van der Waals surface area contributed by atoms with Gasteiger partial charge in [-0.3, -0.25) is 0 Å². The number of aromatic nitrogens is 3. The molecule has 5 rings (SSSR count). The molecule has 1 aromatic carbocycles. The number of aryl methyl sites for hydroxylation is 2. The summed E-state index contributed by atoms with van der Waals surface area (Å²) in [5.41, 5.74) is 2.65. The van der Waals surface area contributed by atoms with E-state index in [1.54, 1.807) is 6.92 Å². The van der Waals surface area contributed by atoms with E-state index in [0.717, 1.165) is 55.9 Å². The number of benzene rings is 1. The monoisotopic (exact) mass is 501 g/mol. The lowest BCUT2D eigenvalue weighted by molar-refractivity contribution is -0.0722. The third-order valence-corrected chi connectivity index (χ3v) is 7.04. The van der Waals surface area contributed by atoms with E-state index in [9.17, 15) is 8.78 Å². The summed E-state index contributed by atoms with van der Waals surface area (Å²) < 4.78 is 54.7. The number of halogens is 3. The van der Waals surface area contributed by atoms with Gasteiger partial charge in [-0.25, -0.2) is 9.37 Å². The average molecular weight is 502 g/mol. The van der Waals surface area contributed by atoms with Crippen LogP contribution >= 0.6 is 0 Å². The van der Waals surface area contributed by atoms with Gasteiger partial charge in [-0.2, -0.15) is 13.9 Å². The summed E-state index contributed by atoms with van der Waals surface area (Å²) in [6.07, 6.45) is 2.56. The molecule has 0 amide bonds. The molecule has 2 fully saturated rings. The molecular weight excluding hydrogens is 471 g/mol. The summed E-state index contributed by atoms with van der Waals surface area (Å²) >= 11 is 0. The third-order valence-electron chi connectivity index (χ3n) is 7.04. The minimum atomic E-state index is -3.45. The maximum atomic E-state index is 15.2. The molecule has 2 unspecified atom stereocenters. The Hall–Kier alpha value is -2.98. The van der Waals surface area contributed by atoms with E-state index in [4.69, 9.17) is 9.72 Å². The Morgan fingerprint density at radius 2 is 1.89 bits per heavy atom. The van der Waals surface area contributed by atoms with Gasteiger partial charge in [0.25, 0.3) is 5.92 Å². The van der Waals surface area contributed by atoms with Crippen LogP contribution in [0.5, 0.6) is 0 Å². The van der Waals surface area contributed by atoms with Crippen molar-refractivity contribution in [2.24, 2.45) is 0 Å². The summed E-state index contributed by atoms with van der Waals surface area (Å²) in [5.74, 6) is -4.00. The molecule has 10 heteroatoms. The van der Waals surface area contributed by atoms with Gasteiger partial charge in [0.15, 0.2) is 5.82 Å². The first-order chi connectivity index (χ1) is 17.2. The highest BCUT2D eigenvalue weighted by Gasteiger charge is 2.36. The molecule has 0 radical (unpaired) electrons. The third kappa shape index (κ3) is 4.48. The lowest BCUT2D eigenvalue weighted by Gasteiger charge is -2.34. The molecule has 0 saturated carbocycles. The summed E-state index contributed by atoms with van der Waals surface area (Å²) in [4.78, 5) is 7.14. The largest absolute Gasteiger partial charge is 0.378 e. The standard InChI is InChI=1S/C26H30F3N5O2/c1-14(19-6-5-7-21(23(19)27)26(28,29)13-35-4)31-25-20-10-22(15(2)30-24(20)16(3)32-33-25)34-11-17-8-9-18(12-34)36-17/h5-7,10,14,17-18H,8-9,11-13H2,1-4H3,(H,31,33)/t14-,17?,18?/m1/s1. The number of ether oxygens (including phenoxy) is 2. The van der Waals surface area contributed by atoms with Crippen LogP contribution in [-0.2, 0) is 15.4 Å². The molecule has 2 saturated heterocycles. The number of alkyl halides is 2. The molecule has 3 atom stereocenters. The molecular formula is C26H30F3N5O2. The Morgan fingerprint density at radius 1 is 1.17 bits per heavy atom. The van der Waals surface area contributed by atoms with E-state index in [1.807, 2.05) is 19.9 Å². The fourth-order valence-electron chi connectivity index (χ4n) is 5.22. The van der Waals surface area contributed by atoms with Crippen molar-refractivity contribution in [2.75, 3.05) is 37.0 Å². The van der Waals surface area contributed by atoms with Gasteiger partial charge in [-0.1, -0.05) is 12.1 Å². The molecule has 192 valence electrons. The highest BCUT2D eigenvalue weighted by atomic mass is 19.3. The smallest absolute Gasteiger partial charge is 0.298 e. The second-order valence-corrected chi connectivity index (χ2v) is 9.70. The fraction of sp³-hybridized carbons (Fsp3) is 0.500. The summed E-state index contributed by atoms with van der Waals surface area (Å²) in [5, 5.41) is 12.5. The van der Waals surface area contributed by atoms with E-state index < -0.39 is 30.0 Å². The Balaban J connectivity index is 1.50. The van der Waals surface area contributed by atoms with Crippen molar-refractivity contribution in [1.29, 1.82) is 0 Å². The van der Waals surface area contributed by atoms with Gasteiger partial charge in [0.05, 0.1) is 46.4 Å². The maximum Gasteiger partial charge on any atom is 0.298 e. The number of hydrogen-bond donors (Lipinski definition) is 1. The molecule has 2 bridgehead atoms. The number of hydrogen-bond acceptors (Lipinski definition) is 7. The number of pyridine rings is 1. The second kappa shape index (κ2) is 9.48. The molecule has 4 heterocycles. The molecule has 7 nitrogen and oxygen atoms in total. The number of morpholine rings is 1. The minimum Gasteiger partial charge on any atom is -0.378 e. The lowest BCUT2D eigenvalue weighted by Crippen LogP contribution is -2.43. The topological polar surface area (TPSA) is 72.4 Å². The van der Waals surface area contributed by atoms with E-state index in [2.05, 4.69) is 25.2 Å². The van der Waals surface area contributed by atoms with Crippen LogP contribution in [0.1, 0.15) is 48.3 Å². The van der Waals surface area contributed by atoms with Gasteiger partial charge in [-0.15, -0.1) is 5.10 Å². The number of fused-ring (bicyclic) bond motifs is 3. The highest BCUT2D eigenvalue weighted by Crippen LogP contribution is 2.36. The van der Waals surface area contributed by atoms with E-state index in [0.29, 0.717) is 17.0 Å². The first-order valence-electron chi connectivity index (χ1n) is 12.1. The first kappa shape index (κ1) is 24.7. The zero-order valence-corrected chi connectivity index (χ0v) is 20.8. The predicted octanol–water partition coefficient (Wildman–Crippen LogP) is 5.06. The molecule has 2 aromatic heterocycles. The fourth-order valence-corrected chi connectivity index (χ4v) is 5.22. The Bertz CT molecular complexity index is 1280. The van der Waals surface area contributed by atoms with Crippen molar-refractivity contribution >= 4 is 22.4 Å². The van der Waals surface area contributed by atoms with Crippen molar-refractivity contribution in [1.82, 2.24) is 15.2 Å². The second-order valence-electron chi connectivity index (χ2n) is 9.70. The van der Waals surface area contributed by atoms with Crippen LogP contribution in [0.4, 0.5) is 24.7 Å². The zero-order chi connectivity index (χ0) is 25.6. The van der Waals surface area contributed by atoms with Crippen LogP contribution < -0.4 is 10.2 Å². The summed E-state index contributed by atoms with van der Waals surface area (Å²) in [6, 6.07) is 5.37. The van der Waals surface area contributed by atoms with Gasteiger partial charge in [0.1, 0.15) is 12.4 Å². The summed E-state index contributed by atoms with van der Waals surface area (Å²) in [6.45, 7) is 6.21. The molecule has 2 aliphatic rings. The van der Waals surface area contributed by atoms with Crippen molar-refractivity contribution in [3.63, 3.8) is 0 Å². The highest BCUT2D eigenvalue weighted by molar-refractivity contribution is 5.93. The Morgan fingerprint density at radius 3 is 2.58 bits per heavy atom. The zero-order valence-electron chi connectivity index (χ0n) is 20.8. The Labute approximate surface area is 208 Å². The molecule has 3 aromatic rings. The molecule has 0 spiro atoms. The van der Waals surface area contributed by atoms with Crippen molar-refractivity contribution in [2.45, 2.75) is 57.8 Å². The van der Waals surface area contributed by atoms with Gasteiger partial charge in [0.2, 0.25) is 0 Å². The van der Waals surface area contributed by atoms with Crippen LogP contribution in [-0.4, -0.2) is 54.2 Å². The molecule has 1 N–H and O–H groups in total. The number of anilines is 2.